The fourth-order valence-corrected chi connectivity index (χ4v) is 1.93. The molecule has 1 aromatic heterocycles. The van der Waals surface area contributed by atoms with Crippen molar-refractivity contribution in [3.63, 3.8) is 0 Å². The van der Waals surface area contributed by atoms with Crippen molar-refractivity contribution in [2.24, 2.45) is 5.92 Å². The van der Waals surface area contributed by atoms with Crippen molar-refractivity contribution in [2.75, 3.05) is 12.4 Å². The van der Waals surface area contributed by atoms with Crippen molar-refractivity contribution in [3.05, 3.63) is 24.0 Å². The Morgan fingerprint density at radius 3 is 2.85 bits per heavy atom. The minimum absolute atomic E-state index is 0.0298. The van der Waals surface area contributed by atoms with E-state index in [9.17, 15) is 4.79 Å². The van der Waals surface area contributed by atoms with Gasteiger partial charge in [-0.2, -0.15) is 4.98 Å². The summed E-state index contributed by atoms with van der Waals surface area (Å²) in [6, 6.07) is 5.38. The van der Waals surface area contributed by atoms with Crippen LogP contribution in [0, 0.1) is 12.8 Å². The van der Waals surface area contributed by atoms with Gasteiger partial charge in [0.25, 0.3) is 5.89 Å². The van der Waals surface area contributed by atoms with Crippen molar-refractivity contribution >= 4 is 11.6 Å². The number of aromatic nitrogens is 2. The second kappa shape index (κ2) is 4.96. The second-order valence-corrected chi connectivity index (χ2v) is 4.83. The SMILES string of the molecule is COc1ccc(-c2nc(C)no2)cc1NC(=O)C1CC1. The second-order valence-electron chi connectivity index (χ2n) is 4.83. The Bertz CT molecular complexity index is 647. The number of aryl methyl sites for hydroxylation is 1. The molecule has 1 amide bonds. The van der Waals surface area contributed by atoms with E-state index in [2.05, 4.69) is 15.5 Å². The van der Waals surface area contributed by atoms with E-state index in [0.29, 0.717) is 23.2 Å². The van der Waals surface area contributed by atoms with Crippen LogP contribution < -0.4 is 10.1 Å². The number of benzene rings is 1. The minimum atomic E-state index is 0.0298. The summed E-state index contributed by atoms with van der Waals surface area (Å²) in [5.41, 5.74) is 1.37. The van der Waals surface area contributed by atoms with Gasteiger partial charge >= 0.3 is 0 Å². The molecule has 3 rings (SSSR count). The fraction of sp³-hybridized carbons (Fsp3) is 0.357. The van der Waals surface area contributed by atoms with Crippen LogP contribution in [0.4, 0.5) is 5.69 Å². The summed E-state index contributed by atoms with van der Waals surface area (Å²) in [6.07, 6.45) is 1.91. The highest BCUT2D eigenvalue weighted by molar-refractivity contribution is 5.95. The number of nitrogens with one attached hydrogen (secondary N) is 1. The summed E-state index contributed by atoms with van der Waals surface area (Å²) in [5, 5.41) is 6.65. The first-order valence-corrected chi connectivity index (χ1v) is 6.47. The number of methoxy groups -OCH3 is 1. The van der Waals surface area contributed by atoms with Crippen LogP contribution in [-0.4, -0.2) is 23.2 Å². The molecule has 1 N–H and O–H groups in total. The number of carbonyl (C=O) groups is 1. The van der Waals surface area contributed by atoms with Crippen molar-refractivity contribution in [3.8, 4) is 17.2 Å². The Morgan fingerprint density at radius 2 is 2.25 bits per heavy atom. The molecule has 2 aromatic rings. The van der Waals surface area contributed by atoms with Crippen molar-refractivity contribution < 1.29 is 14.1 Å². The lowest BCUT2D eigenvalue weighted by molar-refractivity contribution is -0.117. The maximum Gasteiger partial charge on any atom is 0.257 e. The lowest BCUT2D eigenvalue weighted by Crippen LogP contribution is -2.14. The molecule has 0 atom stereocenters. The molecule has 1 aliphatic rings. The predicted molar refractivity (Wildman–Crippen MR) is 72.4 cm³/mol. The van der Waals surface area contributed by atoms with Crippen LogP contribution in [0.15, 0.2) is 22.7 Å². The van der Waals surface area contributed by atoms with Crippen molar-refractivity contribution in [2.45, 2.75) is 19.8 Å². The Kier molecular flexibility index (Phi) is 3.14. The smallest absolute Gasteiger partial charge is 0.257 e. The summed E-state index contributed by atoms with van der Waals surface area (Å²) in [5.74, 6) is 1.77. The number of hydrogen-bond acceptors (Lipinski definition) is 5. The zero-order valence-electron chi connectivity index (χ0n) is 11.3. The van der Waals surface area contributed by atoms with Crippen LogP contribution >= 0.6 is 0 Å². The highest BCUT2D eigenvalue weighted by Crippen LogP contribution is 2.34. The van der Waals surface area contributed by atoms with Crippen LogP contribution in [0.2, 0.25) is 0 Å². The van der Waals surface area contributed by atoms with Crippen LogP contribution in [0.1, 0.15) is 18.7 Å². The van der Waals surface area contributed by atoms with E-state index in [1.54, 1.807) is 26.2 Å². The molecule has 1 heterocycles. The molecular formula is C14H15N3O3. The number of ether oxygens (including phenoxy) is 1. The zero-order valence-corrected chi connectivity index (χ0v) is 11.3. The van der Waals surface area contributed by atoms with Crippen LogP contribution in [0.5, 0.6) is 5.75 Å². The number of carbonyl (C=O) groups excluding carboxylic acids is 1. The predicted octanol–water partition coefficient (Wildman–Crippen LogP) is 2.40. The number of rotatable bonds is 4. The van der Waals surface area contributed by atoms with Gasteiger partial charge in [-0.3, -0.25) is 4.79 Å². The lowest BCUT2D eigenvalue weighted by atomic mass is 10.1. The summed E-state index contributed by atoms with van der Waals surface area (Å²) in [7, 11) is 1.57. The summed E-state index contributed by atoms with van der Waals surface area (Å²) < 4.78 is 10.4. The molecule has 0 spiro atoms. The first kappa shape index (κ1) is 12.7. The fourth-order valence-electron chi connectivity index (χ4n) is 1.93. The first-order chi connectivity index (χ1) is 9.67. The van der Waals surface area contributed by atoms with Crippen LogP contribution in [0.3, 0.4) is 0 Å². The first-order valence-electron chi connectivity index (χ1n) is 6.47. The van der Waals surface area contributed by atoms with Gasteiger partial charge in [-0.1, -0.05) is 5.16 Å². The standard InChI is InChI=1S/C14H15N3O3/c1-8-15-14(20-17-8)10-5-6-12(19-2)11(7-10)16-13(18)9-3-4-9/h5-7,9H,3-4H2,1-2H3,(H,16,18). The van der Waals surface area contributed by atoms with Crippen LogP contribution in [0.25, 0.3) is 11.5 Å². The molecule has 6 nitrogen and oxygen atoms in total. The Morgan fingerprint density at radius 1 is 1.45 bits per heavy atom. The third-order valence-electron chi connectivity index (χ3n) is 3.18. The van der Waals surface area contributed by atoms with E-state index in [1.165, 1.54) is 0 Å². The molecule has 104 valence electrons. The van der Waals surface area contributed by atoms with E-state index < -0.39 is 0 Å². The quantitative estimate of drug-likeness (QED) is 0.925. The van der Waals surface area contributed by atoms with Gasteiger partial charge in [0.2, 0.25) is 5.91 Å². The average molecular weight is 273 g/mol. The molecule has 0 unspecified atom stereocenters. The lowest BCUT2D eigenvalue weighted by Gasteiger charge is -2.10. The van der Waals surface area contributed by atoms with E-state index in [1.807, 2.05) is 6.07 Å². The molecule has 1 aliphatic carbocycles. The molecule has 1 aromatic carbocycles. The number of nitrogens with zero attached hydrogens (tertiary/aromatic N) is 2. The maximum absolute atomic E-state index is 11.9. The molecule has 0 bridgehead atoms. The van der Waals surface area contributed by atoms with Gasteiger partial charge in [-0.05, 0) is 38.0 Å². The summed E-state index contributed by atoms with van der Waals surface area (Å²) in [4.78, 5) is 16.0. The molecule has 0 saturated heterocycles. The van der Waals surface area contributed by atoms with Crippen molar-refractivity contribution in [1.29, 1.82) is 0 Å². The van der Waals surface area contributed by atoms with Gasteiger partial charge in [0, 0.05) is 11.5 Å². The van der Waals surface area contributed by atoms with Gasteiger partial charge < -0.3 is 14.6 Å². The van der Waals surface area contributed by atoms with E-state index in [-0.39, 0.29) is 11.8 Å². The molecule has 1 fully saturated rings. The van der Waals surface area contributed by atoms with Gasteiger partial charge in [-0.15, -0.1) is 0 Å². The Labute approximate surface area is 116 Å². The summed E-state index contributed by atoms with van der Waals surface area (Å²) in [6.45, 7) is 1.76. The molecule has 6 heteroatoms. The topological polar surface area (TPSA) is 77.2 Å². The summed E-state index contributed by atoms with van der Waals surface area (Å²) >= 11 is 0. The van der Waals surface area contributed by atoms with E-state index in [4.69, 9.17) is 9.26 Å². The molecular weight excluding hydrogens is 258 g/mol. The highest BCUT2D eigenvalue weighted by atomic mass is 16.5. The number of amides is 1. The van der Waals surface area contributed by atoms with Gasteiger partial charge in [0.1, 0.15) is 5.75 Å². The van der Waals surface area contributed by atoms with Gasteiger partial charge in [0.15, 0.2) is 5.82 Å². The minimum Gasteiger partial charge on any atom is -0.495 e. The van der Waals surface area contributed by atoms with E-state index in [0.717, 1.165) is 18.4 Å². The molecule has 0 aliphatic heterocycles. The largest absolute Gasteiger partial charge is 0.495 e. The third kappa shape index (κ3) is 2.49. The average Bonchev–Trinajstić information content (AvgIpc) is 3.21. The molecule has 0 radical (unpaired) electrons. The monoisotopic (exact) mass is 273 g/mol. The Hall–Kier alpha value is -2.37. The number of hydrogen-bond donors (Lipinski definition) is 1. The number of anilines is 1. The molecule has 20 heavy (non-hydrogen) atoms. The normalized spacial score (nSPS) is 14.1. The zero-order chi connectivity index (χ0) is 14.1. The van der Waals surface area contributed by atoms with Gasteiger partial charge in [0.05, 0.1) is 12.8 Å². The van der Waals surface area contributed by atoms with E-state index >= 15 is 0 Å². The maximum atomic E-state index is 11.9. The third-order valence-corrected chi connectivity index (χ3v) is 3.18. The molecule has 1 saturated carbocycles. The highest BCUT2D eigenvalue weighted by Gasteiger charge is 2.30. The van der Waals surface area contributed by atoms with Crippen LogP contribution in [-0.2, 0) is 4.79 Å². The van der Waals surface area contributed by atoms with Crippen molar-refractivity contribution in [1.82, 2.24) is 10.1 Å². The van der Waals surface area contributed by atoms with Gasteiger partial charge in [-0.25, -0.2) is 0 Å². The Balaban J connectivity index is 1.91.